The van der Waals surface area contributed by atoms with Crippen molar-refractivity contribution in [2.75, 3.05) is 4.90 Å². The highest BCUT2D eigenvalue weighted by molar-refractivity contribution is 7.91. The van der Waals surface area contributed by atoms with Gasteiger partial charge in [0.05, 0.1) is 6.20 Å². The number of nitrogens with zero attached hydrogens (tertiary/aromatic N) is 2. The summed E-state index contributed by atoms with van der Waals surface area (Å²) in [6.45, 7) is 0.739. The predicted octanol–water partition coefficient (Wildman–Crippen LogP) is 1.96. The molecule has 5 nitrogen and oxygen atoms in total. The number of rotatable bonds is 5. The first-order chi connectivity index (χ1) is 9.54. The molecule has 0 radical (unpaired) electrons. The van der Waals surface area contributed by atoms with Crippen molar-refractivity contribution in [3.63, 3.8) is 0 Å². The van der Waals surface area contributed by atoms with Crippen LogP contribution < -0.4 is 10.0 Å². The Hall–Kier alpha value is -1.44. The van der Waals surface area contributed by atoms with Crippen molar-refractivity contribution >= 4 is 26.5 Å². The van der Waals surface area contributed by atoms with E-state index >= 15 is 0 Å². The van der Waals surface area contributed by atoms with Gasteiger partial charge in [0.2, 0.25) is 10.0 Å². The molecule has 2 aromatic rings. The molecule has 7 heteroatoms. The molecule has 0 bridgehead atoms. The molecule has 0 aliphatic heterocycles. The molecule has 1 fully saturated rings. The van der Waals surface area contributed by atoms with E-state index in [0.717, 1.165) is 35.9 Å². The summed E-state index contributed by atoms with van der Waals surface area (Å²) in [7, 11) is -3.66. The number of aromatic nitrogens is 1. The van der Waals surface area contributed by atoms with Gasteiger partial charge in [0.15, 0.2) is 9.34 Å². The Kier molecular flexibility index (Phi) is 3.49. The van der Waals surface area contributed by atoms with Crippen LogP contribution in [0.25, 0.3) is 0 Å². The van der Waals surface area contributed by atoms with Gasteiger partial charge in [-0.2, -0.15) is 0 Å². The minimum absolute atomic E-state index is 0.117. The normalized spacial score (nSPS) is 15.2. The highest BCUT2D eigenvalue weighted by atomic mass is 32.2. The number of anilines is 1. The SMILES string of the molecule is NS(=O)(=O)c1cnc(N(Cc2ccccc2)C2CC2)s1. The molecule has 1 aromatic heterocycles. The third-order valence-electron chi connectivity index (χ3n) is 3.18. The Morgan fingerprint density at radius 3 is 2.55 bits per heavy atom. The standard InChI is InChI=1S/C13H15N3O2S2/c14-20(17,18)12-8-15-13(19-12)16(11-6-7-11)9-10-4-2-1-3-5-10/h1-5,8,11H,6-7,9H2,(H2,14,17,18). The molecule has 1 saturated carbocycles. The van der Waals surface area contributed by atoms with Crippen LogP contribution in [-0.2, 0) is 16.6 Å². The third kappa shape index (κ3) is 3.00. The van der Waals surface area contributed by atoms with Crippen LogP contribution in [0.2, 0.25) is 0 Å². The Balaban J connectivity index is 1.86. The first kappa shape index (κ1) is 13.5. The van der Waals surface area contributed by atoms with Gasteiger partial charge < -0.3 is 4.90 Å². The van der Waals surface area contributed by atoms with Gasteiger partial charge in [-0.15, -0.1) is 0 Å². The van der Waals surface area contributed by atoms with Gasteiger partial charge >= 0.3 is 0 Å². The lowest BCUT2D eigenvalue weighted by molar-refractivity contribution is 0.599. The van der Waals surface area contributed by atoms with E-state index in [1.807, 2.05) is 18.2 Å². The summed E-state index contributed by atoms with van der Waals surface area (Å²) in [5, 5.41) is 5.86. The van der Waals surface area contributed by atoms with Gasteiger partial charge in [0.25, 0.3) is 0 Å². The summed E-state index contributed by atoms with van der Waals surface area (Å²) >= 11 is 1.14. The number of hydrogen-bond donors (Lipinski definition) is 1. The number of thiazole rings is 1. The number of hydrogen-bond acceptors (Lipinski definition) is 5. The van der Waals surface area contributed by atoms with Gasteiger partial charge in [-0.05, 0) is 18.4 Å². The van der Waals surface area contributed by atoms with Crippen LogP contribution in [0.4, 0.5) is 5.13 Å². The lowest BCUT2D eigenvalue weighted by atomic mass is 10.2. The summed E-state index contributed by atoms with van der Waals surface area (Å²) in [6.07, 6.45) is 3.59. The van der Waals surface area contributed by atoms with E-state index in [1.165, 1.54) is 11.8 Å². The fraction of sp³-hybridized carbons (Fsp3) is 0.308. The minimum atomic E-state index is -3.66. The summed E-state index contributed by atoms with van der Waals surface area (Å²) < 4.78 is 22.8. The van der Waals surface area contributed by atoms with E-state index in [-0.39, 0.29) is 4.21 Å². The monoisotopic (exact) mass is 309 g/mol. The van der Waals surface area contributed by atoms with Crippen LogP contribution in [-0.4, -0.2) is 19.4 Å². The molecule has 0 amide bonds. The average molecular weight is 309 g/mol. The molecular formula is C13H15N3O2S2. The summed E-state index contributed by atoms with van der Waals surface area (Å²) in [4.78, 5) is 6.39. The van der Waals surface area contributed by atoms with Crippen molar-refractivity contribution in [2.24, 2.45) is 5.14 Å². The van der Waals surface area contributed by atoms with Crippen LogP contribution in [0.15, 0.2) is 40.7 Å². The van der Waals surface area contributed by atoms with Gasteiger partial charge in [-0.25, -0.2) is 18.5 Å². The Bertz CT molecular complexity index is 693. The smallest absolute Gasteiger partial charge is 0.249 e. The summed E-state index contributed by atoms with van der Waals surface area (Å²) in [5.41, 5.74) is 1.19. The average Bonchev–Trinajstić information content (AvgIpc) is 3.12. The van der Waals surface area contributed by atoms with Gasteiger partial charge in [-0.3, -0.25) is 0 Å². The maximum atomic E-state index is 11.3. The Labute approximate surface area is 122 Å². The zero-order chi connectivity index (χ0) is 14.2. The second-order valence-electron chi connectivity index (χ2n) is 4.85. The van der Waals surface area contributed by atoms with E-state index in [4.69, 9.17) is 5.14 Å². The van der Waals surface area contributed by atoms with Crippen LogP contribution in [0.1, 0.15) is 18.4 Å². The third-order valence-corrected chi connectivity index (χ3v) is 5.62. The van der Waals surface area contributed by atoms with Crippen LogP contribution >= 0.6 is 11.3 Å². The fourth-order valence-electron chi connectivity index (χ4n) is 2.03. The molecule has 3 rings (SSSR count). The van der Waals surface area contributed by atoms with Crippen LogP contribution in [0, 0.1) is 0 Å². The molecule has 1 heterocycles. The number of sulfonamides is 1. The molecule has 2 N–H and O–H groups in total. The lowest BCUT2D eigenvalue weighted by Crippen LogP contribution is -2.24. The highest BCUT2D eigenvalue weighted by Crippen LogP contribution is 2.36. The number of primary sulfonamides is 1. The molecule has 0 atom stereocenters. The van der Waals surface area contributed by atoms with Crippen molar-refractivity contribution in [3.8, 4) is 0 Å². The Morgan fingerprint density at radius 1 is 1.30 bits per heavy atom. The predicted molar refractivity (Wildman–Crippen MR) is 79.1 cm³/mol. The van der Waals surface area contributed by atoms with Crippen LogP contribution in [0.5, 0.6) is 0 Å². The molecule has 0 spiro atoms. The van der Waals surface area contributed by atoms with Gasteiger partial charge in [0.1, 0.15) is 0 Å². The molecule has 106 valence electrons. The fourth-order valence-corrected chi connectivity index (χ4v) is 3.64. The topological polar surface area (TPSA) is 76.3 Å². The lowest BCUT2D eigenvalue weighted by Gasteiger charge is -2.21. The van der Waals surface area contributed by atoms with Crippen molar-refractivity contribution < 1.29 is 8.42 Å². The van der Waals surface area contributed by atoms with Crippen molar-refractivity contribution in [2.45, 2.75) is 29.6 Å². The second kappa shape index (κ2) is 5.16. The van der Waals surface area contributed by atoms with Crippen molar-refractivity contribution in [1.82, 2.24) is 4.98 Å². The largest absolute Gasteiger partial charge is 0.341 e. The number of nitrogens with two attached hydrogens (primary N) is 1. The van der Waals surface area contributed by atoms with Crippen LogP contribution in [0.3, 0.4) is 0 Å². The molecule has 20 heavy (non-hydrogen) atoms. The maximum absolute atomic E-state index is 11.3. The molecule has 1 aliphatic carbocycles. The molecular weight excluding hydrogens is 294 g/mol. The first-order valence-corrected chi connectivity index (χ1v) is 8.69. The Morgan fingerprint density at radius 2 is 2.00 bits per heavy atom. The molecule has 0 unspecified atom stereocenters. The van der Waals surface area contributed by atoms with Gasteiger partial charge in [-0.1, -0.05) is 41.7 Å². The molecule has 0 saturated heterocycles. The van der Waals surface area contributed by atoms with E-state index < -0.39 is 10.0 Å². The van der Waals surface area contributed by atoms with E-state index in [9.17, 15) is 8.42 Å². The quantitative estimate of drug-likeness (QED) is 0.916. The van der Waals surface area contributed by atoms with Crippen molar-refractivity contribution in [1.29, 1.82) is 0 Å². The minimum Gasteiger partial charge on any atom is -0.341 e. The highest BCUT2D eigenvalue weighted by Gasteiger charge is 2.31. The van der Waals surface area contributed by atoms with Crippen molar-refractivity contribution in [3.05, 3.63) is 42.1 Å². The van der Waals surface area contributed by atoms with Gasteiger partial charge in [0, 0.05) is 12.6 Å². The molecule has 1 aliphatic rings. The molecule has 1 aromatic carbocycles. The zero-order valence-corrected chi connectivity index (χ0v) is 12.4. The van der Waals surface area contributed by atoms with E-state index in [1.54, 1.807) is 0 Å². The van der Waals surface area contributed by atoms with E-state index in [0.29, 0.717) is 6.04 Å². The first-order valence-electron chi connectivity index (χ1n) is 6.33. The summed E-state index contributed by atoms with van der Waals surface area (Å²) in [6, 6.07) is 10.5. The van der Waals surface area contributed by atoms with E-state index in [2.05, 4.69) is 22.0 Å². The second-order valence-corrected chi connectivity index (χ2v) is 7.65. The number of benzene rings is 1. The summed E-state index contributed by atoms with van der Waals surface area (Å²) in [5.74, 6) is 0. The maximum Gasteiger partial charge on any atom is 0.249 e. The zero-order valence-electron chi connectivity index (χ0n) is 10.8.